The van der Waals surface area contributed by atoms with Crippen LogP contribution in [0.5, 0.6) is 0 Å². The summed E-state index contributed by atoms with van der Waals surface area (Å²) in [6.07, 6.45) is 4.77. The molecule has 2 unspecified atom stereocenters. The van der Waals surface area contributed by atoms with E-state index in [0.29, 0.717) is 25.8 Å². The van der Waals surface area contributed by atoms with Gasteiger partial charge in [-0.15, -0.1) is 0 Å². The molecule has 1 N–H and O–H groups in total. The maximum Gasteiger partial charge on any atom is 0.323 e. The number of methoxy groups -OCH3 is 1. The average molecular weight is 298 g/mol. The number of carbonyl (C=O) groups excluding carboxylic acids is 2. The first-order chi connectivity index (χ1) is 10.2. The minimum Gasteiger partial charge on any atom is -0.468 e. The van der Waals surface area contributed by atoms with Gasteiger partial charge in [-0.2, -0.15) is 0 Å². The van der Waals surface area contributed by atoms with Crippen molar-refractivity contribution >= 4 is 11.9 Å². The van der Waals surface area contributed by atoms with Crippen molar-refractivity contribution in [2.45, 2.75) is 57.2 Å². The van der Waals surface area contributed by atoms with E-state index in [1.165, 1.54) is 7.11 Å². The lowest BCUT2D eigenvalue weighted by Crippen LogP contribution is -2.59. The Bertz CT molecular complexity index is 371. The van der Waals surface area contributed by atoms with E-state index in [1.54, 1.807) is 0 Å². The molecule has 0 radical (unpaired) electrons. The number of esters is 1. The average Bonchev–Trinajstić information content (AvgIpc) is 3.31. The fraction of sp³-hybridized carbons (Fsp3) is 0.867. The zero-order valence-electron chi connectivity index (χ0n) is 13.0. The molecule has 0 aromatic rings. The lowest BCUT2D eigenvalue weighted by Gasteiger charge is -2.38. The number of ether oxygens (including phenoxy) is 2. The van der Waals surface area contributed by atoms with Crippen molar-refractivity contribution in [3.8, 4) is 0 Å². The number of hydrogen-bond acceptors (Lipinski definition) is 5. The molecule has 1 heterocycles. The lowest BCUT2D eigenvalue weighted by atomic mass is 10.0. The van der Waals surface area contributed by atoms with Crippen molar-refractivity contribution in [2.75, 3.05) is 26.9 Å². The van der Waals surface area contributed by atoms with Crippen LogP contribution in [-0.2, 0) is 19.1 Å². The van der Waals surface area contributed by atoms with Gasteiger partial charge in [0.05, 0.1) is 20.3 Å². The summed E-state index contributed by atoms with van der Waals surface area (Å²) in [4.78, 5) is 26.4. The number of morpholine rings is 1. The SMILES string of the molecule is CCCCC(C(=O)OC)N1CCOCC1C(=O)NC1CC1. The summed E-state index contributed by atoms with van der Waals surface area (Å²) in [5.41, 5.74) is 0. The highest BCUT2D eigenvalue weighted by Crippen LogP contribution is 2.21. The zero-order valence-corrected chi connectivity index (χ0v) is 13.0. The fourth-order valence-electron chi connectivity index (χ4n) is 2.69. The van der Waals surface area contributed by atoms with Crippen LogP contribution in [0.3, 0.4) is 0 Å². The second-order valence-electron chi connectivity index (χ2n) is 5.79. The second kappa shape index (κ2) is 7.75. The molecule has 0 aromatic carbocycles. The third-order valence-electron chi connectivity index (χ3n) is 4.10. The molecule has 21 heavy (non-hydrogen) atoms. The number of unbranched alkanes of at least 4 members (excludes halogenated alkanes) is 1. The van der Waals surface area contributed by atoms with Crippen LogP contribution in [0.1, 0.15) is 39.0 Å². The van der Waals surface area contributed by atoms with E-state index in [2.05, 4.69) is 12.2 Å². The van der Waals surface area contributed by atoms with Crippen molar-refractivity contribution in [3.05, 3.63) is 0 Å². The van der Waals surface area contributed by atoms with Crippen molar-refractivity contribution in [2.24, 2.45) is 0 Å². The summed E-state index contributed by atoms with van der Waals surface area (Å²) in [5.74, 6) is -0.280. The van der Waals surface area contributed by atoms with Crippen LogP contribution in [0.2, 0.25) is 0 Å². The molecule has 2 aliphatic rings. The Balaban J connectivity index is 2.05. The number of carbonyl (C=O) groups is 2. The van der Waals surface area contributed by atoms with Crippen LogP contribution in [0.15, 0.2) is 0 Å². The molecule has 1 aliphatic heterocycles. The minimum atomic E-state index is -0.389. The van der Waals surface area contributed by atoms with E-state index in [0.717, 1.165) is 32.1 Å². The van der Waals surface area contributed by atoms with Crippen LogP contribution >= 0.6 is 0 Å². The molecular formula is C15H26N2O4. The first kappa shape index (κ1) is 16.2. The van der Waals surface area contributed by atoms with E-state index >= 15 is 0 Å². The first-order valence-electron chi connectivity index (χ1n) is 7.89. The van der Waals surface area contributed by atoms with Gasteiger partial charge in [0.25, 0.3) is 0 Å². The van der Waals surface area contributed by atoms with Crippen LogP contribution < -0.4 is 5.32 Å². The van der Waals surface area contributed by atoms with Gasteiger partial charge in [-0.3, -0.25) is 14.5 Å². The first-order valence-corrected chi connectivity index (χ1v) is 7.89. The summed E-state index contributed by atoms with van der Waals surface area (Å²) in [6.45, 7) is 3.57. The molecular weight excluding hydrogens is 272 g/mol. The topological polar surface area (TPSA) is 67.9 Å². The Hall–Kier alpha value is -1.14. The fourth-order valence-corrected chi connectivity index (χ4v) is 2.69. The maximum atomic E-state index is 12.4. The van der Waals surface area contributed by atoms with Crippen LogP contribution in [-0.4, -0.2) is 61.8 Å². The molecule has 1 saturated heterocycles. The number of nitrogens with zero attached hydrogens (tertiary/aromatic N) is 1. The Kier molecular flexibility index (Phi) is 5.99. The van der Waals surface area contributed by atoms with Gasteiger partial charge in [0.2, 0.25) is 5.91 Å². The number of amides is 1. The summed E-state index contributed by atoms with van der Waals surface area (Å²) >= 11 is 0. The van der Waals surface area contributed by atoms with E-state index in [-0.39, 0.29) is 24.0 Å². The Morgan fingerprint density at radius 2 is 2.19 bits per heavy atom. The van der Waals surface area contributed by atoms with Gasteiger partial charge < -0.3 is 14.8 Å². The van der Waals surface area contributed by atoms with Crippen molar-refractivity contribution in [1.82, 2.24) is 10.2 Å². The van der Waals surface area contributed by atoms with Crippen molar-refractivity contribution in [1.29, 1.82) is 0 Å². The molecule has 0 aromatic heterocycles. The van der Waals surface area contributed by atoms with Crippen molar-refractivity contribution < 1.29 is 19.1 Å². The van der Waals surface area contributed by atoms with E-state index in [1.807, 2.05) is 4.90 Å². The molecule has 1 amide bonds. The van der Waals surface area contributed by atoms with Crippen LogP contribution in [0, 0.1) is 0 Å². The Morgan fingerprint density at radius 1 is 1.43 bits per heavy atom. The normalized spacial score (nSPS) is 24.4. The second-order valence-corrected chi connectivity index (χ2v) is 5.79. The van der Waals surface area contributed by atoms with Gasteiger partial charge in [-0.1, -0.05) is 19.8 Å². The predicted molar refractivity (Wildman–Crippen MR) is 77.8 cm³/mol. The quantitative estimate of drug-likeness (QED) is 0.701. The van der Waals surface area contributed by atoms with E-state index in [4.69, 9.17) is 9.47 Å². The highest BCUT2D eigenvalue weighted by molar-refractivity contribution is 5.84. The molecule has 1 aliphatic carbocycles. The molecule has 6 nitrogen and oxygen atoms in total. The van der Waals surface area contributed by atoms with E-state index in [9.17, 15) is 9.59 Å². The Morgan fingerprint density at radius 3 is 2.81 bits per heavy atom. The lowest BCUT2D eigenvalue weighted by molar-refractivity contribution is -0.154. The maximum absolute atomic E-state index is 12.4. The summed E-state index contributed by atoms with van der Waals surface area (Å²) in [7, 11) is 1.40. The summed E-state index contributed by atoms with van der Waals surface area (Å²) < 4.78 is 10.4. The smallest absolute Gasteiger partial charge is 0.323 e. The standard InChI is InChI=1S/C15H26N2O4/c1-3-4-5-12(15(19)20-2)17-8-9-21-10-13(17)14(18)16-11-6-7-11/h11-13H,3-10H2,1-2H3,(H,16,18). The zero-order chi connectivity index (χ0) is 15.2. The highest BCUT2D eigenvalue weighted by Gasteiger charge is 2.39. The molecule has 2 fully saturated rings. The Labute approximate surface area is 126 Å². The number of nitrogens with one attached hydrogen (secondary N) is 1. The molecule has 0 bridgehead atoms. The van der Waals surface area contributed by atoms with E-state index < -0.39 is 0 Å². The monoisotopic (exact) mass is 298 g/mol. The molecule has 1 saturated carbocycles. The van der Waals surface area contributed by atoms with Gasteiger partial charge in [0, 0.05) is 12.6 Å². The highest BCUT2D eigenvalue weighted by atomic mass is 16.5. The number of rotatable bonds is 7. The summed E-state index contributed by atoms with van der Waals surface area (Å²) in [5, 5.41) is 3.01. The summed E-state index contributed by atoms with van der Waals surface area (Å²) in [6, 6.07) is -0.428. The molecule has 2 atom stereocenters. The minimum absolute atomic E-state index is 0.0254. The number of hydrogen-bond donors (Lipinski definition) is 1. The van der Waals surface area contributed by atoms with Crippen LogP contribution in [0.25, 0.3) is 0 Å². The molecule has 120 valence electrons. The predicted octanol–water partition coefficient (Wildman–Crippen LogP) is 0.698. The molecule has 2 rings (SSSR count). The van der Waals surface area contributed by atoms with Crippen LogP contribution in [0.4, 0.5) is 0 Å². The molecule has 6 heteroatoms. The third kappa shape index (κ3) is 4.41. The van der Waals surface area contributed by atoms with Gasteiger partial charge in [-0.05, 0) is 19.3 Å². The molecule has 0 spiro atoms. The van der Waals surface area contributed by atoms with Gasteiger partial charge >= 0.3 is 5.97 Å². The van der Waals surface area contributed by atoms with Gasteiger partial charge in [-0.25, -0.2) is 0 Å². The van der Waals surface area contributed by atoms with Crippen molar-refractivity contribution in [3.63, 3.8) is 0 Å². The third-order valence-corrected chi connectivity index (χ3v) is 4.10. The van der Waals surface area contributed by atoms with Gasteiger partial charge in [0.15, 0.2) is 0 Å². The van der Waals surface area contributed by atoms with Gasteiger partial charge in [0.1, 0.15) is 12.1 Å². The largest absolute Gasteiger partial charge is 0.468 e.